The Kier molecular flexibility index (Phi) is 4.71. The minimum Gasteiger partial charge on any atom is -0.301 e. The van der Waals surface area contributed by atoms with Gasteiger partial charge < -0.3 is 5.32 Å². The molecule has 1 aliphatic rings. The molecule has 4 nitrogen and oxygen atoms in total. The molecule has 0 aliphatic carbocycles. The molecule has 1 aromatic rings. The van der Waals surface area contributed by atoms with Gasteiger partial charge in [0.15, 0.2) is 0 Å². The van der Waals surface area contributed by atoms with E-state index in [0.717, 1.165) is 16.5 Å². The summed E-state index contributed by atoms with van der Waals surface area (Å²) in [5, 5.41) is 3.16. The lowest BCUT2D eigenvalue weighted by atomic mass is 10.2. The van der Waals surface area contributed by atoms with Gasteiger partial charge >= 0.3 is 0 Å². The number of hydrogen-bond acceptors (Lipinski definition) is 3. The highest BCUT2D eigenvalue weighted by atomic mass is 79.9. The predicted octanol–water partition coefficient (Wildman–Crippen LogP) is 2.08. The molecule has 2 amide bonds. The molecule has 1 unspecified atom stereocenters. The summed E-state index contributed by atoms with van der Waals surface area (Å²) in [6, 6.07) is 7.52. The highest BCUT2D eigenvalue weighted by Crippen LogP contribution is 2.15. The van der Waals surface area contributed by atoms with Crippen LogP contribution in [0.4, 0.5) is 0 Å². The monoisotopic (exact) mass is 324 g/mol. The third-order valence-corrected chi connectivity index (χ3v) is 3.69. The molecule has 0 aromatic heterocycles. The second-order valence-electron chi connectivity index (χ2n) is 4.65. The third kappa shape index (κ3) is 3.42. The van der Waals surface area contributed by atoms with Gasteiger partial charge in [0.25, 0.3) is 0 Å². The Morgan fingerprint density at radius 2 is 2.00 bits per heavy atom. The van der Waals surface area contributed by atoms with Crippen molar-refractivity contribution < 1.29 is 9.59 Å². The summed E-state index contributed by atoms with van der Waals surface area (Å²) in [6.45, 7) is 3.08. The standard InChI is InChI=1S/C14H17BrN2O2/c1-2-7-17-13(18)8-12(14(17)19)16-9-10-3-5-11(15)6-4-10/h3-6,12,16H,2,7-9H2,1H3. The quantitative estimate of drug-likeness (QED) is 0.843. The highest BCUT2D eigenvalue weighted by Gasteiger charge is 2.37. The topological polar surface area (TPSA) is 49.4 Å². The van der Waals surface area contributed by atoms with Crippen molar-refractivity contribution in [3.63, 3.8) is 0 Å². The number of likely N-dealkylation sites (tertiary alicyclic amines) is 1. The fourth-order valence-electron chi connectivity index (χ4n) is 2.14. The summed E-state index contributed by atoms with van der Waals surface area (Å²) >= 11 is 3.38. The van der Waals surface area contributed by atoms with E-state index in [-0.39, 0.29) is 24.3 Å². The average molecular weight is 325 g/mol. The van der Waals surface area contributed by atoms with Crippen LogP contribution in [0.25, 0.3) is 0 Å². The van der Waals surface area contributed by atoms with Crippen molar-refractivity contribution in [1.82, 2.24) is 10.2 Å². The number of imide groups is 1. The average Bonchev–Trinajstić information content (AvgIpc) is 2.66. The van der Waals surface area contributed by atoms with Crippen molar-refractivity contribution in [1.29, 1.82) is 0 Å². The van der Waals surface area contributed by atoms with Gasteiger partial charge in [-0.2, -0.15) is 0 Å². The summed E-state index contributed by atoms with van der Waals surface area (Å²) in [4.78, 5) is 25.1. The van der Waals surface area contributed by atoms with E-state index < -0.39 is 0 Å². The van der Waals surface area contributed by atoms with Gasteiger partial charge in [0.05, 0.1) is 12.5 Å². The minimum absolute atomic E-state index is 0.0693. The van der Waals surface area contributed by atoms with E-state index in [1.807, 2.05) is 31.2 Å². The van der Waals surface area contributed by atoms with Crippen molar-refractivity contribution >= 4 is 27.7 Å². The molecule has 0 radical (unpaired) electrons. The molecule has 1 saturated heterocycles. The zero-order valence-electron chi connectivity index (χ0n) is 10.9. The number of nitrogens with one attached hydrogen (secondary N) is 1. The molecule has 1 fully saturated rings. The lowest BCUT2D eigenvalue weighted by molar-refractivity contribution is -0.138. The number of carbonyl (C=O) groups excluding carboxylic acids is 2. The van der Waals surface area contributed by atoms with Crippen LogP contribution in [0.5, 0.6) is 0 Å². The minimum atomic E-state index is -0.373. The molecule has 0 bridgehead atoms. The van der Waals surface area contributed by atoms with Gasteiger partial charge in [0, 0.05) is 17.6 Å². The first-order valence-corrected chi connectivity index (χ1v) is 7.23. The zero-order chi connectivity index (χ0) is 13.8. The molecule has 1 aliphatic heterocycles. The first-order valence-electron chi connectivity index (χ1n) is 6.44. The molecule has 0 saturated carbocycles. The summed E-state index contributed by atoms with van der Waals surface area (Å²) in [7, 11) is 0. The van der Waals surface area contributed by atoms with Crippen LogP contribution in [0.3, 0.4) is 0 Å². The smallest absolute Gasteiger partial charge is 0.246 e. The summed E-state index contributed by atoms with van der Waals surface area (Å²) in [5.74, 6) is -0.163. The van der Waals surface area contributed by atoms with Crippen LogP contribution in [0.15, 0.2) is 28.7 Å². The van der Waals surface area contributed by atoms with Crippen LogP contribution >= 0.6 is 15.9 Å². The largest absolute Gasteiger partial charge is 0.301 e. The normalized spacial score (nSPS) is 19.3. The van der Waals surface area contributed by atoms with Crippen LogP contribution < -0.4 is 5.32 Å². The maximum atomic E-state index is 12.0. The molecule has 19 heavy (non-hydrogen) atoms. The number of carbonyl (C=O) groups is 2. The van der Waals surface area contributed by atoms with Crippen LogP contribution in [-0.2, 0) is 16.1 Å². The third-order valence-electron chi connectivity index (χ3n) is 3.16. The molecule has 1 N–H and O–H groups in total. The Balaban J connectivity index is 1.92. The predicted molar refractivity (Wildman–Crippen MR) is 76.4 cm³/mol. The van der Waals surface area contributed by atoms with Crippen LogP contribution in [0.1, 0.15) is 25.3 Å². The lowest BCUT2D eigenvalue weighted by Gasteiger charge is -2.14. The number of benzene rings is 1. The summed E-state index contributed by atoms with van der Waals surface area (Å²) in [5.41, 5.74) is 1.09. The molecule has 5 heteroatoms. The van der Waals surface area contributed by atoms with Crippen molar-refractivity contribution in [2.75, 3.05) is 6.54 Å². The van der Waals surface area contributed by atoms with Gasteiger partial charge in [-0.3, -0.25) is 14.5 Å². The number of amides is 2. The molecular formula is C14H17BrN2O2. The van der Waals surface area contributed by atoms with Gasteiger partial charge in [0.1, 0.15) is 0 Å². The van der Waals surface area contributed by atoms with E-state index >= 15 is 0 Å². The molecular weight excluding hydrogens is 308 g/mol. The second kappa shape index (κ2) is 6.30. The fourth-order valence-corrected chi connectivity index (χ4v) is 2.41. The van der Waals surface area contributed by atoms with E-state index in [1.54, 1.807) is 0 Å². The van der Waals surface area contributed by atoms with Gasteiger partial charge in [-0.25, -0.2) is 0 Å². The van der Waals surface area contributed by atoms with E-state index in [1.165, 1.54) is 4.90 Å². The van der Waals surface area contributed by atoms with Crippen molar-refractivity contribution in [2.24, 2.45) is 0 Å². The maximum absolute atomic E-state index is 12.0. The first-order chi connectivity index (χ1) is 9.11. The fraction of sp³-hybridized carbons (Fsp3) is 0.429. The van der Waals surface area contributed by atoms with E-state index in [0.29, 0.717) is 13.1 Å². The highest BCUT2D eigenvalue weighted by molar-refractivity contribution is 9.10. The number of rotatable bonds is 5. The van der Waals surface area contributed by atoms with E-state index in [4.69, 9.17) is 0 Å². The number of halogens is 1. The van der Waals surface area contributed by atoms with Crippen molar-refractivity contribution in [3.8, 4) is 0 Å². The molecule has 1 aromatic carbocycles. The van der Waals surface area contributed by atoms with Crippen molar-refractivity contribution in [2.45, 2.75) is 32.4 Å². The van der Waals surface area contributed by atoms with Crippen LogP contribution in [-0.4, -0.2) is 29.3 Å². The Morgan fingerprint density at radius 1 is 1.32 bits per heavy atom. The van der Waals surface area contributed by atoms with Gasteiger partial charge in [-0.15, -0.1) is 0 Å². The van der Waals surface area contributed by atoms with Crippen molar-refractivity contribution in [3.05, 3.63) is 34.3 Å². The van der Waals surface area contributed by atoms with Crippen LogP contribution in [0.2, 0.25) is 0 Å². The Bertz CT molecular complexity index is 473. The molecule has 2 rings (SSSR count). The maximum Gasteiger partial charge on any atom is 0.246 e. The van der Waals surface area contributed by atoms with E-state index in [2.05, 4.69) is 21.2 Å². The SMILES string of the molecule is CCCN1C(=O)CC(NCc2ccc(Br)cc2)C1=O. The zero-order valence-corrected chi connectivity index (χ0v) is 12.4. The molecule has 0 spiro atoms. The molecule has 1 heterocycles. The summed E-state index contributed by atoms with van der Waals surface area (Å²) < 4.78 is 1.03. The molecule has 1 atom stereocenters. The van der Waals surface area contributed by atoms with Gasteiger partial charge in [-0.05, 0) is 24.1 Å². The Hall–Kier alpha value is -1.20. The number of hydrogen-bond donors (Lipinski definition) is 1. The molecule has 102 valence electrons. The number of nitrogens with zero attached hydrogens (tertiary/aromatic N) is 1. The van der Waals surface area contributed by atoms with Gasteiger partial charge in [0.2, 0.25) is 11.8 Å². The summed E-state index contributed by atoms with van der Waals surface area (Å²) in [6.07, 6.45) is 1.08. The van der Waals surface area contributed by atoms with Gasteiger partial charge in [-0.1, -0.05) is 35.0 Å². The first kappa shape index (κ1) is 14.2. The Labute approximate surface area is 121 Å². The second-order valence-corrected chi connectivity index (χ2v) is 5.56. The Morgan fingerprint density at radius 3 is 2.63 bits per heavy atom. The van der Waals surface area contributed by atoms with E-state index in [9.17, 15) is 9.59 Å². The van der Waals surface area contributed by atoms with Crippen LogP contribution in [0, 0.1) is 0 Å². The lowest BCUT2D eigenvalue weighted by Crippen LogP contribution is -2.38.